The molecule has 0 saturated carbocycles. The highest BCUT2D eigenvalue weighted by Gasteiger charge is 2.43. The minimum absolute atomic E-state index is 0.129. The summed E-state index contributed by atoms with van der Waals surface area (Å²) in [6.45, 7) is 2.65. The summed E-state index contributed by atoms with van der Waals surface area (Å²) in [5.74, 6) is -2.44. The van der Waals surface area contributed by atoms with Crippen molar-refractivity contribution in [1.82, 2.24) is 4.90 Å². The summed E-state index contributed by atoms with van der Waals surface area (Å²) in [5.41, 5.74) is 1.28. The summed E-state index contributed by atoms with van der Waals surface area (Å²) in [4.78, 5) is 29.6. The highest BCUT2D eigenvalue weighted by atomic mass is 19.1. The van der Waals surface area contributed by atoms with E-state index in [2.05, 4.69) is 0 Å². The van der Waals surface area contributed by atoms with Crippen LogP contribution in [0.25, 0.3) is 5.57 Å². The van der Waals surface area contributed by atoms with Crippen molar-refractivity contribution in [3.05, 3.63) is 101 Å². The highest BCUT2D eigenvalue weighted by molar-refractivity contribution is 6.45. The van der Waals surface area contributed by atoms with Crippen molar-refractivity contribution in [3.63, 3.8) is 0 Å². The van der Waals surface area contributed by atoms with Gasteiger partial charge in [0.2, 0.25) is 0 Å². The second-order valence-corrected chi connectivity index (χ2v) is 7.49. The lowest BCUT2D eigenvalue weighted by atomic mass is 10.0. The molecule has 0 spiro atoms. The first-order valence-electron chi connectivity index (χ1n) is 10.5. The summed E-state index contributed by atoms with van der Waals surface area (Å²) in [6, 6.07) is 18.9. The molecular formula is C26H22F2N2O3. The number of nitrogens with zero attached hydrogens (tertiary/aromatic N) is 2. The van der Waals surface area contributed by atoms with E-state index in [1.807, 2.05) is 37.3 Å². The molecule has 1 heterocycles. The smallest absolute Gasteiger partial charge is 0.282 e. The van der Waals surface area contributed by atoms with Gasteiger partial charge in [-0.1, -0.05) is 42.5 Å². The fraction of sp³-hybridized carbons (Fsp3) is 0.154. The van der Waals surface area contributed by atoms with Gasteiger partial charge in [0, 0.05) is 19.2 Å². The van der Waals surface area contributed by atoms with E-state index >= 15 is 0 Å². The number of carbonyl (C=O) groups is 2. The number of carbonyl (C=O) groups excluding carboxylic acids is 2. The number of imide groups is 1. The standard InChI is InChI=1S/C26H22F2N2O3/c1-3-29(16-17-7-5-4-6-8-17)24-23(18-9-12-20(33-2)13-10-18)25(31)30(26(24)32)22-15-19(27)11-14-21(22)28/h4-15H,3,16H2,1-2H3. The predicted molar refractivity (Wildman–Crippen MR) is 121 cm³/mol. The molecule has 0 N–H and O–H groups in total. The third-order valence-electron chi connectivity index (χ3n) is 5.50. The third-order valence-corrected chi connectivity index (χ3v) is 5.50. The van der Waals surface area contributed by atoms with Gasteiger partial charge in [-0.15, -0.1) is 0 Å². The minimum Gasteiger partial charge on any atom is -0.497 e. The Hall–Kier alpha value is -4.00. The average molecular weight is 448 g/mol. The normalized spacial score (nSPS) is 13.6. The van der Waals surface area contributed by atoms with Crippen LogP contribution in [-0.4, -0.2) is 30.4 Å². The minimum atomic E-state index is -0.862. The van der Waals surface area contributed by atoms with Crippen LogP contribution in [0.3, 0.4) is 0 Å². The number of anilines is 1. The molecule has 1 aliphatic rings. The number of amides is 2. The van der Waals surface area contributed by atoms with Crippen LogP contribution in [-0.2, 0) is 16.1 Å². The van der Waals surface area contributed by atoms with Crippen molar-refractivity contribution in [2.75, 3.05) is 18.6 Å². The van der Waals surface area contributed by atoms with E-state index < -0.39 is 29.1 Å². The molecule has 0 atom stereocenters. The first kappa shape index (κ1) is 22.2. The van der Waals surface area contributed by atoms with E-state index in [0.717, 1.165) is 23.8 Å². The molecule has 3 aromatic rings. The summed E-state index contributed by atoms with van der Waals surface area (Å²) < 4.78 is 33.7. The van der Waals surface area contributed by atoms with Gasteiger partial charge in [0.05, 0.1) is 18.4 Å². The van der Waals surface area contributed by atoms with Gasteiger partial charge in [0.15, 0.2) is 0 Å². The molecule has 0 fully saturated rings. The van der Waals surface area contributed by atoms with Crippen LogP contribution in [0, 0.1) is 11.6 Å². The second kappa shape index (κ2) is 9.24. The largest absolute Gasteiger partial charge is 0.497 e. The molecule has 3 aromatic carbocycles. The molecule has 0 aromatic heterocycles. The van der Waals surface area contributed by atoms with E-state index in [1.54, 1.807) is 29.2 Å². The van der Waals surface area contributed by atoms with E-state index in [-0.39, 0.29) is 11.3 Å². The van der Waals surface area contributed by atoms with Gasteiger partial charge in [-0.05, 0) is 42.3 Å². The maximum absolute atomic E-state index is 14.6. The number of hydrogen-bond donors (Lipinski definition) is 0. The monoisotopic (exact) mass is 448 g/mol. The quantitative estimate of drug-likeness (QED) is 0.488. The molecule has 0 radical (unpaired) electrons. The van der Waals surface area contributed by atoms with Crippen LogP contribution >= 0.6 is 0 Å². The second-order valence-electron chi connectivity index (χ2n) is 7.49. The molecule has 7 heteroatoms. The highest BCUT2D eigenvalue weighted by Crippen LogP contribution is 2.37. The van der Waals surface area contributed by atoms with Crippen LogP contribution < -0.4 is 9.64 Å². The van der Waals surface area contributed by atoms with Crippen LogP contribution in [0.4, 0.5) is 14.5 Å². The lowest BCUT2D eigenvalue weighted by Gasteiger charge is -2.25. The third kappa shape index (κ3) is 4.22. The van der Waals surface area contributed by atoms with E-state index in [4.69, 9.17) is 4.74 Å². The molecule has 0 aliphatic carbocycles. The molecular weight excluding hydrogens is 426 g/mol. The number of hydrogen-bond acceptors (Lipinski definition) is 4. The summed E-state index contributed by atoms with van der Waals surface area (Å²) in [6.07, 6.45) is 0. The van der Waals surface area contributed by atoms with Gasteiger partial charge in [0.25, 0.3) is 11.8 Å². The first-order chi connectivity index (χ1) is 15.9. The SMILES string of the molecule is CCN(Cc1ccccc1)C1=C(c2ccc(OC)cc2)C(=O)N(c2cc(F)ccc2F)C1=O. The molecule has 168 valence electrons. The van der Waals surface area contributed by atoms with Gasteiger partial charge in [-0.25, -0.2) is 13.7 Å². The molecule has 0 bridgehead atoms. The Morgan fingerprint density at radius 1 is 0.909 bits per heavy atom. The Bertz CT molecular complexity index is 1220. The maximum Gasteiger partial charge on any atom is 0.282 e. The lowest BCUT2D eigenvalue weighted by molar-refractivity contribution is -0.120. The lowest BCUT2D eigenvalue weighted by Crippen LogP contribution is -2.35. The zero-order valence-electron chi connectivity index (χ0n) is 18.2. The van der Waals surface area contributed by atoms with E-state index in [0.29, 0.717) is 29.3 Å². The Morgan fingerprint density at radius 2 is 1.61 bits per heavy atom. The number of ether oxygens (including phenoxy) is 1. The van der Waals surface area contributed by atoms with Gasteiger partial charge in [-0.2, -0.15) is 0 Å². The molecule has 4 rings (SSSR count). The maximum atomic E-state index is 14.6. The predicted octanol–water partition coefficient (Wildman–Crippen LogP) is 4.78. The average Bonchev–Trinajstić information content (AvgIpc) is 3.09. The van der Waals surface area contributed by atoms with Crippen molar-refractivity contribution < 1.29 is 23.1 Å². The first-order valence-corrected chi connectivity index (χ1v) is 10.5. The Kier molecular flexibility index (Phi) is 6.22. The zero-order valence-corrected chi connectivity index (χ0v) is 18.2. The van der Waals surface area contributed by atoms with Crippen molar-refractivity contribution in [1.29, 1.82) is 0 Å². The Labute approximate surface area is 190 Å². The summed E-state index contributed by atoms with van der Waals surface area (Å²) in [7, 11) is 1.52. The number of rotatable bonds is 7. The van der Waals surface area contributed by atoms with Crippen LogP contribution in [0.2, 0.25) is 0 Å². The summed E-state index contributed by atoms with van der Waals surface area (Å²) in [5, 5.41) is 0. The molecule has 0 saturated heterocycles. The van der Waals surface area contributed by atoms with E-state index in [1.165, 1.54) is 7.11 Å². The molecule has 2 amide bonds. The molecule has 0 unspecified atom stereocenters. The Morgan fingerprint density at radius 3 is 2.24 bits per heavy atom. The topological polar surface area (TPSA) is 49.9 Å². The van der Waals surface area contributed by atoms with Crippen LogP contribution in [0.1, 0.15) is 18.1 Å². The summed E-state index contributed by atoms with van der Waals surface area (Å²) >= 11 is 0. The van der Waals surface area contributed by atoms with Crippen molar-refractivity contribution in [2.45, 2.75) is 13.5 Å². The van der Waals surface area contributed by atoms with Crippen molar-refractivity contribution in [3.8, 4) is 5.75 Å². The van der Waals surface area contributed by atoms with Gasteiger partial charge in [-0.3, -0.25) is 9.59 Å². The van der Waals surface area contributed by atoms with Crippen LogP contribution in [0.5, 0.6) is 5.75 Å². The van der Waals surface area contributed by atoms with Gasteiger partial charge < -0.3 is 9.64 Å². The fourth-order valence-corrected chi connectivity index (χ4v) is 3.86. The molecule has 1 aliphatic heterocycles. The van der Waals surface area contributed by atoms with Gasteiger partial charge >= 0.3 is 0 Å². The molecule has 33 heavy (non-hydrogen) atoms. The molecule has 5 nitrogen and oxygen atoms in total. The Balaban J connectivity index is 1.85. The van der Waals surface area contributed by atoms with Crippen molar-refractivity contribution >= 4 is 23.1 Å². The van der Waals surface area contributed by atoms with E-state index in [9.17, 15) is 18.4 Å². The number of halogens is 2. The van der Waals surface area contributed by atoms with Gasteiger partial charge in [0.1, 0.15) is 23.1 Å². The number of likely N-dealkylation sites (N-methyl/N-ethyl adjacent to an activating group) is 1. The number of methoxy groups -OCH3 is 1. The van der Waals surface area contributed by atoms with Crippen molar-refractivity contribution in [2.24, 2.45) is 0 Å². The zero-order chi connectivity index (χ0) is 23.5. The fourth-order valence-electron chi connectivity index (χ4n) is 3.86. The van der Waals surface area contributed by atoms with Crippen LogP contribution in [0.15, 0.2) is 78.5 Å². The number of benzene rings is 3.